The number of H-pyrrole nitrogens is 1. The van der Waals surface area contributed by atoms with Crippen molar-refractivity contribution in [2.75, 3.05) is 0 Å². The lowest BCUT2D eigenvalue weighted by atomic mass is 10.2. The molecule has 0 spiro atoms. The van der Waals surface area contributed by atoms with Gasteiger partial charge in [0.1, 0.15) is 11.6 Å². The van der Waals surface area contributed by atoms with Crippen molar-refractivity contribution in [3.05, 3.63) is 47.7 Å². The average molecular weight is 352 g/mol. The van der Waals surface area contributed by atoms with Crippen molar-refractivity contribution in [3.63, 3.8) is 0 Å². The molecule has 0 saturated heterocycles. The number of nitrogens with zero attached hydrogens (tertiary/aromatic N) is 7. The van der Waals surface area contributed by atoms with Gasteiger partial charge in [0.2, 0.25) is 11.6 Å². The molecule has 1 aromatic carbocycles. The van der Waals surface area contributed by atoms with E-state index in [1.54, 1.807) is 16.9 Å². The van der Waals surface area contributed by atoms with E-state index in [1.807, 2.05) is 6.07 Å². The molecule has 0 amide bonds. The predicted molar refractivity (Wildman–Crippen MR) is 86.2 cm³/mol. The maximum atomic E-state index is 13.3. The predicted octanol–water partition coefficient (Wildman–Crippen LogP) is 2.18. The van der Waals surface area contributed by atoms with Crippen LogP contribution in [-0.4, -0.2) is 40.3 Å². The number of benzene rings is 1. The fraction of sp³-hybridized carbons (Fsp3) is 0.250. The minimum absolute atomic E-state index is 0.225. The summed E-state index contributed by atoms with van der Waals surface area (Å²) in [6, 6.07) is 6.32. The lowest BCUT2D eigenvalue weighted by Crippen LogP contribution is -2.00. The first-order chi connectivity index (χ1) is 12.7. The molecule has 0 atom stereocenters. The van der Waals surface area contributed by atoms with Gasteiger partial charge in [-0.05, 0) is 30.5 Å². The van der Waals surface area contributed by atoms with Gasteiger partial charge in [0.05, 0.1) is 12.7 Å². The van der Waals surface area contributed by atoms with E-state index in [0.717, 1.165) is 24.2 Å². The third-order valence-electron chi connectivity index (χ3n) is 4.08. The molecule has 130 valence electrons. The van der Waals surface area contributed by atoms with Crippen molar-refractivity contribution >= 4 is 0 Å². The Morgan fingerprint density at radius 2 is 2.15 bits per heavy atom. The summed E-state index contributed by atoms with van der Waals surface area (Å²) in [6.07, 6.45) is 3.91. The van der Waals surface area contributed by atoms with Crippen molar-refractivity contribution < 1.29 is 8.91 Å². The Morgan fingerprint density at radius 3 is 3.00 bits per heavy atom. The van der Waals surface area contributed by atoms with Crippen molar-refractivity contribution in [3.8, 4) is 23.2 Å². The minimum Gasteiger partial charge on any atom is -0.332 e. The second kappa shape index (κ2) is 5.83. The minimum atomic E-state index is -0.290. The third-order valence-corrected chi connectivity index (χ3v) is 4.08. The van der Waals surface area contributed by atoms with Crippen LogP contribution in [0.2, 0.25) is 0 Å². The van der Waals surface area contributed by atoms with E-state index in [1.165, 1.54) is 12.1 Å². The van der Waals surface area contributed by atoms with Gasteiger partial charge >= 0.3 is 0 Å². The molecular formula is C16H13FN8O. The largest absolute Gasteiger partial charge is 0.332 e. The lowest BCUT2D eigenvalue weighted by molar-refractivity contribution is 0.430. The van der Waals surface area contributed by atoms with Gasteiger partial charge in [-0.3, -0.25) is 5.10 Å². The Bertz CT molecular complexity index is 1060. The lowest BCUT2D eigenvalue weighted by Gasteiger charge is -2.00. The second-order valence-corrected chi connectivity index (χ2v) is 6.17. The summed E-state index contributed by atoms with van der Waals surface area (Å²) in [4.78, 5) is 8.67. The average Bonchev–Trinajstić information content (AvgIpc) is 3.05. The summed E-state index contributed by atoms with van der Waals surface area (Å²) >= 11 is 0. The van der Waals surface area contributed by atoms with Crippen molar-refractivity contribution in [2.45, 2.75) is 25.3 Å². The number of halogens is 1. The van der Waals surface area contributed by atoms with Crippen molar-refractivity contribution in [2.24, 2.45) is 0 Å². The van der Waals surface area contributed by atoms with E-state index in [0.29, 0.717) is 29.8 Å². The monoisotopic (exact) mass is 352 g/mol. The first-order valence-corrected chi connectivity index (χ1v) is 8.16. The van der Waals surface area contributed by atoms with Crippen LogP contribution in [0.4, 0.5) is 4.39 Å². The Hall–Kier alpha value is -3.43. The molecule has 26 heavy (non-hydrogen) atoms. The molecule has 5 rings (SSSR count). The zero-order chi connectivity index (χ0) is 17.5. The van der Waals surface area contributed by atoms with E-state index in [-0.39, 0.29) is 11.7 Å². The molecule has 0 bridgehead atoms. The molecule has 4 aromatic rings. The molecular weight excluding hydrogens is 339 g/mol. The van der Waals surface area contributed by atoms with Gasteiger partial charge in [-0.25, -0.2) is 14.1 Å². The van der Waals surface area contributed by atoms with Crippen LogP contribution < -0.4 is 0 Å². The number of aromatic amines is 1. The SMILES string of the molecule is Fc1cccc(Cn2cc(-c3nc(-c4n[nH]c(C5CC5)n4)no3)nn2)c1. The van der Waals surface area contributed by atoms with E-state index in [2.05, 4.69) is 35.6 Å². The summed E-state index contributed by atoms with van der Waals surface area (Å²) in [5, 5.41) is 19.0. The molecule has 3 aromatic heterocycles. The van der Waals surface area contributed by atoms with Crippen LogP contribution in [0, 0.1) is 5.82 Å². The summed E-state index contributed by atoms with van der Waals surface area (Å²) in [5.41, 5.74) is 1.21. The number of hydrogen-bond donors (Lipinski definition) is 1. The molecule has 1 aliphatic rings. The zero-order valence-electron chi connectivity index (χ0n) is 13.5. The van der Waals surface area contributed by atoms with Crippen LogP contribution in [0.5, 0.6) is 0 Å². The van der Waals surface area contributed by atoms with Gasteiger partial charge in [0.15, 0.2) is 5.69 Å². The fourth-order valence-electron chi connectivity index (χ4n) is 2.63. The van der Waals surface area contributed by atoms with Crippen LogP contribution in [0.25, 0.3) is 23.2 Å². The summed E-state index contributed by atoms with van der Waals surface area (Å²) in [5.74, 6) is 1.94. The molecule has 0 unspecified atom stereocenters. The van der Waals surface area contributed by atoms with Gasteiger partial charge in [0.25, 0.3) is 5.89 Å². The topological polar surface area (TPSA) is 111 Å². The second-order valence-electron chi connectivity index (χ2n) is 6.17. The first kappa shape index (κ1) is 14.9. The molecule has 1 aliphatic carbocycles. The van der Waals surface area contributed by atoms with Crippen LogP contribution in [0.1, 0.15) is 30.1 Å². The summed E-state index contributed by atoms with van der Waals surface area (Å²) in [7, 11) is 0. The maximum Gasteiger partial charge on any atom is 0.280 e. The first-order valence-electron chi connectivity index (χ1n) is 8.16. The van der Waals surface area contributed by atoms with E-state index in [4.69, 9.17) is 4.52 Å². The van der Waals surface area contributed by atoms with Gasteiger partial charge in [-0.15, -0.1) is 10.2 Å². The van der Waals surface area contributed by atoms with Crippen molar-refractivity contribution in [1.29, 1.82) is 0 Å². The van der Waals surface area contributed by atoms with E-state index in [9.17, 15) is 4.39 Å². The van der Waals surface area contributed by atoms with Crippen LogP contribution >= 0.6 is 0 Å². The quantitative estimate of drug-likeness (QED) is 0.586. The van der Waals surface area contributed by atoms with E-state index >= 15 is 0 Å². The van der Waals surface area contributed by atoms with Crippen LogP contribution in [-0.2, 0) is 6.54 Å². The molecule has 9 nitrogen and oxygen atoms in total. The number of nitrogens with one attached hydrogen (secondary N) is 1. The molecule has 1 fully saturated rings. The highest BCUT2D eigenvalue weighted by molar-refractivity contribution is 5.50. The molecule has 0 radical (unpaired) electrons. The molecule has 1 saturated carbocycles. The fourth-order valence-corrected chi connectivity index (χ4v) is 2.63. The Kier molecular flexibility index (Phi) is 3.33. The molecule has 10 heteroatoms. The maximum absolute atomic E-state index is 13.3. The van der Waals surface area contributed by atoms with Gasteiger partial charge < -0.3 is 4.52 Å². The van der Waals surface area contributed by atoms with Crippen LogP contribution in [0.15, 0.2) is 35.0 Å². The highest BCUT2D eigenvalue weighted by atomic mass is 19.1. The van der Waals surface area contributed by atoms with Crippen molar-refractivity contribution in [1.82, 2.24) is 40.3 Å². The Labute approximate surface area is 146 Å². The summed E-state index contributed by atoms with van der Waals surface area (Å²) < 4.78 is 20.1. The Balaban J connectivity index is 1.35. The van der Waals surface area contributed by atoms with E-state index < -0.39 is 0 Å². The van der Waals surface area contributed by atoms with Gasteiger partial charge in [-0.2, -0.15) is 4.98 Å². The molecule has 0 aliphatic heterocycles. The number of rotatable bonds is 5. The molecule has 3 heterocycles. The zero-order valence-corrected chi connectivity index (χ0v) is 13.5. The standard InChI is InChI=1S/C16H13FN8O/c17-11-3-1-2-9(6-11)7-25-8-12(20-24-25)16-19-15(23-26-16)14-18-13(21-22-14)10-4-5-10/h1-3,6,8,10H,4-5,7H2,(H,18,21,22). The molecule has 1 N–H and O–H groups in total. The highest BCUT2D eigenvalue weighted by Gasteiger charge is 2.28. The Morgan fingerprint density at radius 1 is 1.23 bits per heavy atom. The van der Waals surface area contributed by atoms with Crippen LogP contribution in [0.3, 0.4) is 0 Å². The summed E-state index contributed by atoms with van der Waals surface area (Å²) in [6.45, 7) is 0.386. The number of aromatic nitrogens is 8. The van der Waals surface area contributed by atoms with Gasteiger partial charge in [0, 0.05) is 5.92 Å². The highest BCUT2D eigenvalue weighted by Crippen LogP contribution is 2.38. The number of hydrogen-bond acceptors (Lipinski definition) is 7. The third kappa shape index (κ3) is 2.85. The smallest absolute Gasteiger partial charge is 0.280 e. The normalized spacial score (nSPS) is 14.0. The van der Waals surface area contributed by atoms with Gasteiger partial charge in [-0.1, -0.05) is 22.5 Å².